The predicted molar refractivity (Wildman–Crippen MR) is 92.2 cm³/mol. The fourth-order valence-corrected chi connectivity index (χ4v) is 3.15. The van der Waals surface area contributed by atoms with E-state index in [0.29, 0.717) is 25.3 Å². The van der Waals surface area contributed by atoms with E-state index in [4.69, 9.17) is 4.74 Å². The van der Waals surface area contributed by atoms with Crippen LogP contribution in [-0.4, -0.2) is 60.5 Å². The van der Waals surface area contributed by atoms with Crippen LogP contribution < -0.4 is 5.32 Å². The second kappa shape index (κ2) is 7.15. The topological polar surface area (TPSA) is 74.4 Å². The molecule has 0 radical (unpaired) electrons. The number of ether oxygens (including phenoxy) is 1. The Labute approximate surface area is 141 Å². The monoisotopic (exact) mass is 329 g/mol. The number of aryl methyl sites for hydroxylation is 1. The van der Waals surface area contributed by atoms with Crippen molar-refractivity contribution in [3.05, 3.63) is 35.5 Å². The summed E-state index contributed by atoms with van der Waals surface area (Å²) in [4.78, 5) is 30.3. The number of hydrogen-bond acceptors (Lipinski definition) is 4. The lowest BCUT2D eigenvalue weighted by Gasteiger charge is -2.32. The Hall–Kier alpha value is -2.18. The van der Waals surface area contributed by atoms with Gasteiger partial charge in [0.15, 0.2) is 0 Å². The number of fused-ring (bicyclic) bond motifs is 1. The lowest BCUT2D eigenvalue weighted by Crippen LogP contribution is -2.48. The number of carbonyl (C=O) groups is 2. The van der Waals surface area contributed by atoms with Crippen LogP contribution in [0.2, 0.25) is 0 Å². The molecule has 1 aromatic carbocycles. The molecule has 0 saturated carbocycles. The molecule has 1 atom stereocenters. The maximum absolute atomic E-state index is 12.6. The summed E-state index contributed by atoms with van der Waals surface area (Å²) in [7, 11) is 0. The highest BCUT2D eigenvalue weighted by atomic mass is 16.5. The van der Waals surface area contributed by atoms with Crippen molar-refractivity contribution in [3.63, 3.8) is 0 Å². The van der Waals surface area contributed by atoms with Gasteiger partial charge in [0.05, 0.1) is 18.8 Å². The number of Topliss-reactive ketones (excluding diaryl/α,β-unsaturated/α-hetero) is 1. The van der Waals surface area contributed by atoms with E-state index in [9.17, 15) is 9.59 Å². The number of benzene rings is 1. The van der Waals surface area contributed by atoms with Crippen molar-refractivity contribution in [2.75, 3.05) is 32.8 Å². The van der Waals surface area contributed by atoms with Crippen molar-refractivity contribution in [2.45, 2.75) is 19.9 Å². The summed E-state index contributed by atoms with van der Waals surface area (Å²) >= 11 is 0. The van der Waals surface area contributed by atoms with Crippen molar-refractivity contribution >= 4 is 22.6 Å². The quantitative estimate of drug-likeness (QED) is 0.644. The Morgan fingerprint density at radius 2 is 2.00 bits per heavy atom. The van der Waals surface area contributed by atoms with E-state index in [1.54, 1.807) is 0 Å². The Morgan fingerprint density at radius 3 is 2.75 bits per heavy atom. The molecule has 1 aliphatic rings. The largest absolute Gasteiger partial charge is 0.379 e. The molecule has 1 saturated heterocycles. The molecule has 1 aromatic heterocycles. The summed E-state index contributed by atoms with van der Waals surface area (Å²) in [5.41, 5.74) is 2.05. The van der Waals surface area contributed by atoms with E-state index < -0.39 is 11.7 Å². The molecule has 2 aromatic rings. The van der Waals surface area contributed by atoms with Crippen LogP contribution in [0.15, 0.2) is 24.3 Å². The summed E-state index contributed by atoms with van der Waals surface area (Å²) in [6.07, 6.45) is 0. The van der Waals surface area contributed by atoms with Gasteiger partial charge >= 0.3 is 0 Å². The summed E-state index contributed by atoms with van der Waals surface area (Å²) in [5.74, 6) is -1.04. The number of ketones is 1. The summed E-state index contributed by atoms with van der Waals surface area (Å²) in [5, 5.41) is 3.56. The normalized spacial score (nSPS) is 16.9. The van der Waals surface area contributed by atoms with E-state index in [1.807, 2.05) is 38.1 Å². The summed E-state index contributed by atoms with van der Waals surface area (Å²) < 4.78 is 5.33. The third kappa shape index (κ3) is 3.34. The van der Waals surface area contributed by atoms with E-state index in [2.05, 4.69) is 15.2 Å². The van der Waals surface area contributed by atoms with Gasteiger partial charge in [0.1, 0.15) is 0 Å². The van der Waals surface area contributed by atoms with Crippen molar-refractivity contribution in [1.82, 2.24) is 15.2 Å². The fourth-order valence-electron chi connectivity index (χ4n) is 3.15. The average molecular weight is 329 g/mol. The van der Waals surface area contributed by atoms with Crippen molar-refractivity contribution in [1.29, 1.82) is 0 Å². The molecule has 1 amide bonds. The zero-order chi connectivity index (χ0) is 17.1. The van der Waals surface area contributed by atoms with Gasteiger partial charge in [0.2, 0.25) is 0 Å². The molecule has 0 spiro atoms. The van der Waals surface area contributed by atoms with Crippen LogP contribution in [0.4, 0.5) is 0 Å². The van der Waals surface area contributed by atoms with E-state index >= 15 is 0 Å². The van der Waals surface area contributed by atoms with Crippen LogP contribution in [0.5, 0.6) is 0 Å². The van der Waals surface area contributed by atoms with Crippen molar-refractivity contribution < 1.29 is 14.3 Å². The molecule has 1 aliphatic heterocycles. The van der Waals surface area contributed by atoms with Gasteiger partial charge in [0, 0.05) is 42.3 Å². The summed E-state index contributed by atoms with van der Waals surface area (Å²) in [6.45, 7) is 7.45. The van der Waals surface area contributed by atoms with Gasteiger partial charge in [-0.1, -0.05) is 18.2 Å². The molecular weight excluding hydrogens is 306 g/mol. The first kappa shape index (κ1) is 16.7. The van der Waals surface area contributed by atoms with E-state index in [-0.39, 0.29) is 6.04 Å². The number of hydrogen-bond donors (Lipinski definition) is 2. The molecule has 128 valence electrons. The van der Waals surface area contributed by atoms with Gasteiger partial charge in [-0.05, 0) is 19.9 Å². The first-order valence-electron chi connectivity index (χ1n) is 8.29. The minimum Gasteiger partial charge on any atom is -0.379 e. The fraction of sp³-hybridized carbons (Fsp3) is 0.444. The highest BCUT2D eigenvalue weighted by molar-refractivity contribution is 6.45. The molecule has 2 N–H and O–H groups in total. The molecule has 6 heteroatoms. The molecule has 1 unspecified atom stereocenters. The number of nitrogens with one attached hydrogen (secondary N) is 2. The number of carbonyl (C=O) groups excluding carboxylic acids is 2. The van der Waals surface area contributed by atoms with Crippen LogP contribution in [0.3, 0.4) is 0 Å². The Morgan fingerprint density at radius 1 is 1.29 bits per heavy atom. The standard InChI is InChI=1S/C18H23N3O3/c1-12(21-7-9-24-10-8-21)11-19-18(23)17(22)16-13(2)20-15-6-4-3-5-14(15)16/h3-6,12,20H,7-11H2,1-2H3,(H,19,23). The van der Waals surface area contributed by atoms with Crippen LogP contribution in [-0.2, 0) is 9.53 Å². The third-order valence-electron chi connectivity index (χ3n) is 4.55. The van der Waals surface area contributed by atoms with Gasteiger partial charge < -0.3 is 15.0 Å². The smallest absolute Gasteiger partial charge is 0.292 e. The SMILES string of the molecule is Cc1[nH]c2ccccc2c1C(=O)C(=O)NCC(C)N1CCOCC1. The van der Waals surface area contributed by atoms with Gasteiger partial charge in [-0.3, -0.25) is 14.5 Å². The number of aromatic nitrogens is 1. The zero-order valence-electron chi connectivity index (χ0n) is 14.1. The van der Waals surface area contributed by atoms with Crippen LogP contribution in [0.1, 0.15) is 23.0 Å². The van der Waals surface area contributed by atoms with Gasteiger partial charge in [0.25, 0.3) is 11.7 Å². The highest BCUT2D eigenvalue weighted by Gasteiger charge is 2.24. The lowest BCUT2D eigenvalue weighted by atomic mass is 10.1. The Kier molecular flexibility index (Phi) is 4.97. The Balaban J connectivity index is 1.66. The third-order valence-corrected chi connectivity index (χ3v) is 4.55. The number of amides is 1. The molecule has 2 heterocycles. The molecule has 24 heavy (non-hydrogen) atoms. The van der Waals surface area contributed by atoms with Crippen molar-refractivity contribution in [2.24, 2.45) is 0 Å². The van der Waals surface area contributed by atoms with E-state index in [0.717, 1.165) is 29.7 Å². The average Bonchev–Trinajstić information content (AvgIpc) is 2.95. The van der Waals surface area contributed by atoms with Gasteiger partial charge in [-0.15, -0.1) is 0 Å². The summed E-state index contributed by atoms with van der Waals surface area (Å²) in [6, 6.07) is 7.70. The molecule has 6 nitrogen and oxygen atoms in total. The lowest BCUT2D eigenvalue weighted by molar-refractivity contribution is -0.117. The van der Waals surface area contributed by atoms with E-state index in [1.165, 1.54) is 0 Å². The number of H-pyrrole nitrogens is 1. The molecule has 0 bridgehead atoms. The first-order chi connectivity index (χ1) is 11.6. The number of aromatic amines is 1. The Bertz CT molecular complexity index is 747. The minimum absolute atomic E-state index is 0.176. The second-order valence-electron chi connectivity index (χ2n) is 6.21. The molecule has 3 rings (SSSR count). The van der Waals surface area contributed by atoms with Crippen LogP contribution >= 0.6 is 0 Å². The predicted octanol–water partition coefficient (Wildman–Crippen LogP) is 1.50. The number of para-hydroxylation sites is 1. The van der Waals surface area contributed by atoms with Gasteiger partial charge in [-0.2, -0.15) is 0 Å². The number of rotatable bonds is 5. The first-order valence-corrected chi connectivity index (χ1v) is 8.29. The molecule has 1 fully saturated rings. The maximum atomic E-state index is 12.6. The number of nitrogens with zero attached hydrogens (tertiary/aromatic N) is 1. The second-order valence-corrected chi connectivity index (χ2v) is 6.21. The van der Waals surface area contributed by atoms with Crippen LogP contribution in [0, 0.1) is 6.92 Å². The van der Waals surface area contributed by atoms with Crippen LogP contribution in [0.25, 0.3) is 10.9 Å². The number of morpholine rings is 1. The zero-order valence-corrected chi connectivity index (χ0v) is 14.1. The van der Waals surface area contributed by atoms with Gasteiger partial charge in [-0.25, -0.2) is 0 Å². The molecule has 0 aliphatic carbocycles. The minimum atomic E-state index is -0.553. The maximum Gasteiger partial charge on any atom is 0.292 e. The van der Waals surface area contributed by atoms with Crippen molar-refractivity contribution in [3.8, 4) is 0 Å². The highest BCUT2D eigenvalue weighted by Crippen LogP contribution is 2.22. The molecular formula is C18H23N3O3.